The van der Waals surface area contributed by atoms with Gasteiger partial charge in [0.05, 0.1) is 6.54 Å². The van der Waals surface area contributed by atoms with E-state index < -0.39 is 0 Å². The Balaban J connectivity index is 1.17. The molecular formula is C44H29N3O2. The molecule has 0 atom stereocenters. The van der Waals surface area contributed by atoms with Gasteiger partial charge in [-0.25, -0.2) is 9.98 Å². The minimum Gasteiger partial charge on any atom is -0.456 e. The molecule has 5 nitrogen and oxygen atoms in total. The Hall–Kier alpha value is -6.59. The first-order valence-corrected chi connectivity index (χ1v) is 16.2. The second kappa shape index (κ2) is 11.9. The Morgan fingerprint density at radius 2 is 1.27 bits per heavy atom. The maximum absolute atomic E-state index is 6.58. The largest absolute Gasteiger partial charge is 0.456 e. The lowest BCUT2D eigenvalue weighted by Crippen LogP contribution is -2.06. The van der Waals surface area contributed by atoms with Crippen molar-refractivity contribution in [3.63, 3.8) is 0 Å². The number of hydrogen-bond donors (Lipinski definition) is 0. The second-order valence-electron chi connectivity index (χ2n) is 12.0. The van der Waals surface area contributed by atoms with Crippen LogP contribution in [0.5, 0.6) is 0 Å². The molecule has 0 saturated carbocycles. The van der Waals surface area contributed by atoms with Crippen molar-refractivity contribution in [3.8, 4) is 11.1 Å². The quantitative estimate of drug-likeness (QED) is 0.140. The molecule has 9 rings (SSSR count). The lowest BCUT2D eigenvalue weighted by atomic mass is 9.98. The average Bonchev–Trinajstić information content (AvgIpc) is 3.74. The number of amidine groups is 2. The minimum absolute atomic E-state index is 0.392. The monoisotopic (exact) mass is 631 g/mol. The van der Waals surface area contributed by atoms with Crippen LogP contribution in [0, 0.1) is 0 Å². The molecule has 0 saturated heterocycles. The molecule has 2 aromatic heterocycles. The molecule has 9 aromatic rings. The highest BCUT2D eigenvalue weighted by molar-refractivity contribution is 6.22. The highest BCUT2D eigenvalue weighted by Gasteiger charge is 2.17. The van der Waals surface area contributed by atoms with Crippen molar-refractivity contribution in [2.45, 2.75) is 6.54 Å². The van der Waals surface area contributed by atoms with E-state index >= 15 is 0 Å². The molecule has 0 aliphatic carbocycles. The highest BCUT2D eigenvalue weighted by Crippen LogP contribution is 2.38. The van der Waals surface area contributed by atoms with E-state index in [0.29, 0.717) is 18.2 Å². The van der Waals surface area contributed by atoms with Gasteiger partial charge in [-0.1, -0.05) is 127 Å². The average molecular weight is 632 g/mol. The Bertz CT molecular complexity index is 2770. The van der Waals surface area contributed by atoms with Crippen LogP contribution in [-0.4, -0.2) is 18.4 Å². The van der Waals surface area contributed by atoms with Crippen molar-refractivity contribution in [3.05, 3.63) is 168 Å². The smallest absolute Gasteiger partial charge is 0.161 e. The molecule has 0 radical (unpaired) electrons. The van der Waals surface area contributed by atoms with E-state index in [9.17, 15) is 0 Å². The van der Waals surface area contributed by atoms with Gasteiger partial charge in [-0.15, -0.1) is 0 Å². The fourth-order valence-electron chi connectivity index (χ4n) is 6.82. The van der Waals surface area contributed by atoms with Crippen LogP contribution in [0.15, 0.2) is 175 Å². The number of nitrogens with zero attached hydrogens (tertiary/aromatic N) is 3. The van der Waals surface area contributed by atoms with Gasteiger partial charge in [0.15, 0.2) is 11.7 Å². The summed E-state index contributed by atoms with van der Waals surface area (Å²) in [5.74, 6) is 1.04. The van der Waals surface area contributed by atoms with Crippen LogP contribution in [0.25, 0.3) is 65.8 Å². The van der Waals surface area contributed by atoms with Gasteiger partial charge in [-0.2, -0.15) is 0 Å². The number of hydrogen-bond acceptors (Lipinski definition) is 3. The molecule has 0 aliphatic heterocycles. The van der Waals surface area contributed by atoms with Crippen molar-refractivity contribution >= 4 is 73.0 Å². The zero-order valence-electron chi connectivity index (χ0n) is 26.5. The normalized spacial score (nSPS) is 12.5. The van der Waals surface area contributed by atoms with E-state index in [0.717, 1.165) is 71.7 Å². The van der Waals surface area contributed by atoms with Gasteiger partial charge >= 0.3 is 0 Å². The summed E-state index contributed by atoms with van der Waals surface area (Å²) in [7, 11) is 0. The first-order valence-electron chi connectivity index (χ1n) is 16.2. The van der Waals surface area contributed by atoms with Crippen LogP contribution in [0.4, 0.5) is 0 Å². The van der Waals surface area contributed by atoms with Crippen molar-refractivity contribution in [2.75, 3.05) is 0 Å². The first-order chi connectivity index (χ1) is 24.2. The zero-order chi connectivity index (χ0) is 32.7. The number of furan rings is 2. The van der Waals surface area contributed by atoms with Crippen molar-refractivity contribution < 1.29 is 8.83 Å². The standard InChI is InChI=1S/C44H29N3O2/c1-45-44(36-20-11-23-39-41(36)34-17-7-8-21-37(34)48-39)47-43(29-13-3-2-4-14-29)46-27-32-16-9-22-38-40(32)35-19-10-18-33(42(35)49-38)31-25-24-28-12-5-6-15-30(28)26-31/h2-26H,1,27H2/b46-43-,47-44-. The molecular weight excluding hydrogens is 603 g/mol. The third-order valence-electron chi connectivity index (χ3n) is 9.11. The van der Waals surface area contributed by atoms with E-state index in [1.54, 1.807) is 0 Å². The number of rotatable bonds is 5. The van der Waals surface area contributed by atoms with E-state index in [1.807, 2.05) is 78.9 Å². The lowest BCUT2D eigenvalue weighted by molar-refractivity contribution is 0.669. The Morgan fingerprint density at radius 1 is 0.551 bits per heavy atom. The van der Waals surface area contributed by atoms with Gasteiger partial charge in [0, 0.05) is 38.2 Å². The molecule has 0 N–H and O–H groups in total. The Kier molecular flexibility index (Phi) is 6.95. The van der Waals surface area contributed by atoms with Crippen molar-refractivity contribution in [1.82, 2.24) is 0 Å². The van der Waals surface area contributed by atoms with Gasteiger partial charge in [-0.05, 0) is 52.9 Å². The van der Waals surface area contributed by atoms with Crippen molar-refractivity contribution in [2.24, 2.45) is 15.0 Å². The molecule has 2 heterocycles. The minimum atomic E-state index is 0.392. The van der Waals surface area contributed by atoms with Gasteiger partial charge < -0.3 is 8.83 Å². The Labute approximate surface area is 282 Å². The summed E-state index contributed by atoms with van der Waals surface area (Å²) in [4.78, 5) is 14.6. The molecule has 7 aromatic carbocycles. The highest BCUT2D eigenvalue weighted by atomic mass is 16.3. The lowest BCUT2D eigenvalue weighted by Gasteiger charge is -2.07. The van der Waals surface area contributed by atoms with Crippen molar-refractivity contribution in [1.29, 1.82) is 0 Å². The maximum Gasteiger partial charge on any atom is 0.161 e. The molecule has 0 fully saturated rings. The fraction of sp³-hybridized carbons (Fsp3) is 0.0227. The van der Waals surface area contributed by atoms with Crippen LogP contribution >= 0.6 is 0 Å². The topological polar surface area (TPSA) is 63.4 Å². The van der Waals surface area contributed by atoms with Crippen LogP contribution < -0.4 is 0 Å². The predicted molar refractivity (Wildman–Crippen MR) is 203 cm³/mol. The van der Waals surface area contributed by atoms with Crippen LogP contribution in [0.1, 0.15) is 16.7 Å². The molecule has 49 heavy (non-hydrogen) atoms. The second-order valence-corrected chi connectivity index (χ2v) is 12.0. The maximum atomic E-state index is 6.58. The fourth-order valence-corrected chi connectivity index (χ4v) is 6.82. The van der Waals surface area contributed by atoms with E-state index in [4.69, 9.17) is 18.8 Å². The van der Waals surface area contributed by atoms with Crippen LogP contribution in [0.3, 0.4) is 0 Å². The van der Waals surface area contributed by atoms with Crippen LogP contribution in [0.2, 0.25) is 0 Å². The molecule has 0 amide bonds. The zero-order valence-corrected chi connectivity index (χ0v) is 26.5. The number of benzene rings is 7. The molecule has 0 spiro atoms. The summed E-state index contributed by atoms with van der Waals surface area (Å²) in [6.45, 7) is 4.30. The number of para-hydroxylation sites is 2. The number of aliphatic imine (C=N–C) groups is 3. The van der Waals surface area contributed by atoms with Crippen LogP contribution in [-0.2, 0) is 6.54 Å². The molecule has 0 unspecified atom stereocenters. The molecule has 0 bridgehead atoms. The van der Waals surface area contributed by atoms with E-state index in [-0.39, 0.29) is 0 Å². The van der Waals surface area contributed by atoms with Gasteiger partial charge in [-0.3, -0.25) is 4.99 Å². The summed E-state index contributed by atoms with van der Waals surface area (Å²) in [5, 5.41) is 6.48. The van der Waals surface area contributed by atoms with Gasteiger partial charge in [0.25, 0.3) is 0 Å². The summed E-state index contributed by atoms with van der Waals surface area (Å²) in [5.41, 5.74) is 8.23. The van der Waals surface area contributed by atoms with E-state index in [1.165, 1.54) is 10.8 Å². The third-order valence-corrected chi connectivity index (χ3v) is 9.11. The third kappa shape index (κ3) is 5.00. The summed E-state index contributed by atoms with van der Waals surface area (Å²) < 4.78 is 12.7. The summed E-state index contributed by atoms with van der Waals surface area (Å²) >= 11 is 0. The SMILES string of the molecule is C=N/C(=N\C(=N/Cc1cccc2oc3c(-c4ccc5ccccc5c4)cccc3c12)c1ccccc1)c1cccc2oc3ccccc3c12. The number of fused-ring (bicyclic) bond motifs is 7. The predicted octanol–water partition coefficient (Wildman–Crippen LogP) is 11.4. The molecule has 232 valence electrons. The first kappa shape index (κ1) is 28.6. The van der Waals surface area contributed by atoms with Gasteiger partial charge in [0.1, 0.15) is 22.3 Å². The summed E-state index contributed by atoms with van der Waals surface area (Å²) in [6.07, 6.45) is 0. The van der Waals surface area contributed by atoms with E-state index in [2.05, 4.69) is 84.5 Å². The van der Waals surface area contributed by atoms with Gasteiger partial charge in [0.2, 0.25) is 0 Å². The molecule has 0 aliphatic rings. The Morgan fingerprint density at radius 3 is 2.14 bits per heavy atom. The molecule has 5 heteroatoms. The summed E-state index contributed by atoms with van der Waals surface area (Å²) in [6, 6.07) is 51.4.